The van der Waals surface area contributed by atoms with Crippen molar-refractivity contribution >= 4 is 11.9 Å². The maximum Gasteiger partial charge on any atom is 0.156 e. The number of hydrogen-bond donors (Lipinski definition) is 0. The van der Waals surface area contributed by atoms with Crippen molar-refractivity contribution in [2.75, 3.05) is 7.11 Å². The smallest absolute Gasteiger partial charge is 0.156 e. The van der Waals surface area contributed by atoms with Gasteiger partial charge in [0.2, 0.25) is 0 Å². The van der Waals surface area contributed by atoms with Gasteiger partial charge in [-0.15, -0.1) is 0 Å². The van der Waals surface area contributed by atoms with Gasteiger partial charge in [0.15, 0.2) is 5.78 Å². The lowest BCUT2D eigenvalue weighted by Crippen LogP contribution is -2.04. The quantitative estimate of drug-likeness (QED) is 0.725. The Hall–Kier alpha value is -1.57. The Kier molecular flexibility index (Phi) is 4.29. The van der Waals surface area contributed by atoms with Crippen LogP contribution in [0.25, 0.3) is 6.08 Å². The van der Waals surface area contributed by atoms with Crippen molar-refractivity contribution in [2.45, 2.75) is 20.8 Å². The van der Waals surface area contributed by atoms with E-state index in [2.05, 4.69) is 0 Å². The molecule has 1 aromatic carbocycles. The van der Waals surface area contributed by atoms with Crippen LogP contribution in [0.4, 0.5) is 0 Å². The molecule has 0 saturated heterocycles. The lowest BCUT2D eigenvalue weighted by Gasteiger charge is -2.09. The molecule has 0 heterocycles. The third-order valence-corrected chi connectivity index (χ3v) is 2.48. The summed E-state index contributed by atoms with van der Waals surface area (Å²) >= 11 is 0. The van der Waals surface area contributed by atoms with Crippen LogP contribution in [0.1, 0.15) is 26.3 Å². The predicted molar refractivity (Wildman–Crippen MR) is 66.5 cm³/mol. The minimum atomic E-state index is 0.112. The molecule has 2 heteroatoms. The van der Waals surface area contributed by atoms with Crippen LogP contribution in [0.15, 0.2) is 29.8 Å². The van der Waals surface area contributed by atoms with Gasteiger partial charge in [0.05, 0.1) is 7.11 Å². The Morgan fingerprint density at radius 1 is 1.31 bits per heavy atom. The van der Waals surface area contributed by atoms with Gasteiger partial charge < -0.3 is 4.74 Å². The maximum atomic E-state index is 11.5. The van der Waals surface area contributed by atoms with Crippen molar-refractivity contribution in [3.8, 4) is 5.75 Å². The second-order valence-corrected chi connectivity index (χ2v) is 4.05. The Bertz CT molecular complexity index is 403. The van der Waals surface area contributed by atoms with Gasteiger partial charge in [-0.3, -0.25) is 4.79 Å². The van der Waals surface area contributed by atoms with Crippen molar-refractivity contribution in [3.05, 3.63) is 35.4 Å². The first-order valence-electron chi connectivity index (χ1n) is 5.41. The minimum Gasteiger partial charge on any atom is -0.496 e. The largest absolute Gasteiger partial charge is 0.496 e. The van der Waals surface area contributed by atoms with E-state index < -0.39 is 0 Å². The summed E-state index contributed by atoms with van der Waals surface area (Å²) in [5, 5.41) is 0. The first kappa shape index (κ1) is 12.5. The predicted octanol–water partition coefficient (Wildman–Crippen LogP) is 3.32. The van der Waals surface area contributed by atoms with Gasteiger partial charge in [0, 0.05) is 5.56 Å². The van der Waals surface area contributed by atoms with Crippen LogP contribution in [0, 0.1) is 5.92 Å². The van der Waals surface area contributed by atoms with Crippen LogP contribution in [0.3, 0.4) is 0 Å². The molecular formula is C14H18O2. The average Bonchev–Trinajstić information content (AvgIpc) is 2.25. The Labute approximate surface area is 96.9 Å². The van der Waals surface area contributed by atoms with E-state index in [1.807, 2.05) is 44.2 Å². The van der Waals surface area contributed by atoms with Crippen LogP contribution in [-0.4, -0.2) is 12.9 Å². The molecule has 86 valence electrons. The zero-order valence-corrected chi connectivity index (χ0v) is 10.3. The molecule has 0 aliphatic carbocycles. The van der Waals surface area contributed by atoms with E-state index in [1.165, 1.54) is 0 Å². The number of para-hydroxylation sites is 1. The summed E-state index contributed by atoms with van der Waals surface area (Å²) in [7, 11) is 1.63. The van der Waals surface area contributed by atoms with Gasteiger partial charge in [0.25, 0.3) is 0 Å². The van der Waals surface area contributed by atoms with E-state index in [-0.39, 0.29) is 11.7 Å². The monoisotopic (exact) mass is 218 g/mol. The summed E-state index contributed by atoms with van der Waals surface area (Å²) in [5.74, 6) is 1.13. The van der Waals surface area contributed by atoms with Crippen LogP contribution < -0.4 is 4.74 Å². The van der Waals surface area contributed by atoms with Crippen LogP contribution >= 0.6 is 0 Å². The highest BCUT2D eigenvalue weighted by atomic mass is 16.5. The van der Waals surface area contributed by atoms with Crippen molar-refractivity contribution < 1.29 is 9.53 Å². The van der Waals surface area contributed by atoms with Crippen molar-refractivity contribution in [2.24, 2.45) is 5.92 Å². The Balaban J connectivity index is 3.17. The molecule has 0 spiro atoms. The maximum absolute atomic E-state index is 11.5. The number of hydrogen-bond acceptors (Lipinski definition) is 2. The Morgan fingerprint density at radius 2 is 1.94 bits per heavy atom. The fraction of sp³-hybridized carbons (Fsp3) is 0.357. The number of ketones is 1. The normalized spacial score (nSPS) is 11.7. The SMILES string of the molecule is COc1ccccc1/C=C(/C(C)=O)C(C)C. The van der Waals surface area contributed by atoms with E-state index in [1.54, 1.807) is 14.0 Å². The molecule has 0 aliphatic heterocycles. The number of carbonyl (C=O) groups excluding carboxylic acids is 1. The van der Waals surface area contributed by atoms with Gasteiger partial charge in [-0.05, 0) is 30.6 Å². The fourth-order valence-electron chi connectivity index (χ4n) is 1.63. The molecule has 1 rings (SSSR count). The molecule has 2 nitrogen and oxygen atoms in total. The van der Waals surface area contributed by atoms with E-state index in [0.717, 1.165) is 16.9 Å². The second-order valence-electron chi connectivity index (χ2n) is 4.05. The molecule has 1 aromatic rings. The number of allylic oxidation sites excluding steroid dienone is 1. The van der Waals surface area contributed by atoms with Crippen molar-refractivity contribution in [3.63, 3.8) is 0 Å². The zero-order chi connectivity index (χ0) is 12.1. The van der Waals surface area contributed by atoms with Gasteiger partial charge >= 0.3 is 0 Å². The molecule has 0 aromatic heterocycles. The van der Waals surface area contributed by atoms with Gasteiger partial charge in [-0.1, -0.05) is 32.0 Å². The third-order valence-electron chi connectivity index (χ3n) is 2.48. The molecular weight excluding hydrogens is 200 g/mol. The average molecular weight is 218 g/mol. The first-order valence-corrected chi connectivity index (χ1v) is 5.41. The Morgan fingerprint density at radius 3 is 2.44 bits per heavy atom. The summed E-state index contributed by atoms with van der Waals surface area (Å²) in [5.41, 5.74) is 1.77. The van der Waals surface area contributed by atoms with Gasteiger partial charge in [0.1, 0.15) is 5.75 Å². The summed E-state index contributed by atoms with van der Waals surface area (Å²) in [4.78, 5) is 11.5. The van der Waals surface area contributed by atoms with E-state index in [0.29, 0.717) is 0 Å². The van der Waals surface area contributed by atoms with E-state index in [4.69, 9.17) is 4.74 Å². The molecule has 16 heavy (non-hydrogen) atoms. The molecule has 0 amide bonds. The number of benzene rings is 1. The van der Waals surface area contributed by atoms with Crippen LogP contribution in [-0.2, 0) is 4.79 Å². The summed E-state index contributed by atoms with van der Waals surface area (Å²) < 4.78 is 5.25. The summed E-state index contributed by atoms with van der Waals surface area (Å²) in [6.45, 7) is 5.63. The standard InChI is InChI=1S/C14H18O2/c1-10(2)13(11(3)15)9-12-7-5-6-8-14(12)16-4/h5-10H,1-4H3/b13-9+. The number of methoxy groups -OCH3 is 1. The highest BCUT2D eigenvalue weighted by Gasteiger charge is 2.09. The van der Waals surface area contributed by atoms with Crippen molar-refractivity contribution in [1.29, 1.82) is 0 Å². The molecule has 0 N–H and O–H groups in total. The molecule has 0 radical (unpaired) electrons. The lowest BCUT2D eigenvalue weighted by atomic mass is 9.97. The number of ether oxygens (including phenoxy) is 1. The van der Waals surface area contributed by atoms with Gasteiger partial charge in [-0.25, -0.2) is 0 Å². The molecule has 0 saturated carbocycles. The second kappa shape index (κ2) is 5.50. The number of Topliss-reactive ketones (excluding diaryl/α,β-unsaturated/α-hetero) is 1. The van der Waals surface area contributed by atoms with E-state index in [9.17, 15) is 4.79 Å². The van der Waals surface area contributed by atoms with Gasteiger partial charge in [-0.2, -0.15) is 0 Å². The lowest BCUT2D eigenvalue weighted by molar-refractivity contribution is -0.113. The molecule has 0 atom stereocenters. The first-order chi connectivity index (χ1) is 7.56. The topological polar surface area (TPSA) is 26.3 Å². The fourth-order valence-corrected chi connectivity index (χ4v) is 1.63. The highest BCUT2D eigenvalue weighted by molar-refractivity contribution is 5.98. The van der Waals surface area contributed by atoms with Crippen LogP contribution in [0.2, 0.25) is 0 Å². The third kappa shape index (κ3) is 2.96. The number of carbonyl (C=O) groups is 1. The molecule has 0 unspecified atom stereocenters. The summed E-state index contributed by atoms with van der Waals surface area (Å²) in [6, 6.07) is 7.69. The van der Waals surface area contributed by atoms with Crippen molar-refractivity contribution in [1.82, 2.24) is 0 Å². The van der Waals surface area contributed by atoms with E-state index >= 15 is 0 Å². The molecule has 0 fully saturated rings. The minimum absolute atomic E-state index is 0.112. The molecule has 0 bridgehead atoms. The zero-order valence-electron chi connectivity index (χ0n) is 10.3. The highest BCUT2D eigenvalue weighted by Crippen LogP contribution is 2.23. The van der Waals surface area contributed by atoms with Crippen LogP contribution in [0.5, 0.6) is 5.75 Å². The number of rotatable bonds is 4. The summed E-state index contributed by atoms with van der Waals surface area (Å²) in [6.07, 6.45) is 1.91. The molecule has 0 aliphatic rings.